The Bertz CT molecular complexity index is 327. The van der Waals surface area contributed by atoms with Crippen LogP contribution in [0, 0.1) is 5.92 Å². The molecule has 0 amide bonds. The van der Waals surface area contributed by atoms with E-state index in [4.69, 9.17) is 0 Å². The van der Waals surface area contributed by atoms with Crippen molar-refractivity contribution in [3.05, 3.63) is 11.9 Å². The van der Waals surface area contributed by atoms with Crippen molar-refractivity contribution in [2.75, 3.05) is 0 Å². The zero-order valence-corrected chi connectivity index (χ0v) is 10.1. The fourth-order valence-corrected chi connectivity index (χ4v) is 2.48. The Balaban J connectivity index is 1.97. The first kappa shape index (κ1) is 11.6. The Morgan fingerprint density at radius 2 is 2.12 bits per heavy atom. The maximum absolute atomic E-state index is 9.40. The van der Waals surface area contributed by atoms with Gasteiger partial charge in [-0.3, -0.25) is 0 Å². The number of hydrogen-bond donors (Lipinski definition) is 1. The van der Waals surface area contributed by atoms with Crippen molar-refractivity contribution in [1.82, 2.24) is 15.0 Å². The number of aliphatic hydroxyl groups excluding tert-OH is 1. The molecule has 90 valence electrons. The topological polar surface area (TPSA) is 50.9 Å². The van der Waals surface area contributed by atoms with Gasteiger partial charge in [-0.1, -0.05) is 18.6 Å². The molecule has 1 aliphatic rings. The molecule has 2 rings (SSSR count). The molecule has 0 aromatic carbocycles. The van der Waals surface area contributed by atoms with E-state index in [1.165, 1.54) is 32.1 Å². The van der Waals surface area contributed by atoms with Gasteiger partial charge in [0.2, 0.25) is 0 Å². The minimum atomic E-state index is -0.513. The highest BCUT2D eigenvalue weighted by Gasteiger charge is 2.22. The molecule has 0 saturated heterocycles. The predicted octanol–water partition coefficient (Wildman–Crippen LogP) is 2.47. The molecule has 4 nitrogen and oxygen atoms in total. The van der Waals surface area contributed by atoms with Gasteiger partial charge in [0, 0.05) is 0 Å². The summed E-state index contributed by atoms with van der Waals surface area (Å²) >= 11 is 0. The van der Waals surface area contributed by atoms with Gasteiger partial charge in [-0.25, -0.2) is 4.68 Å². The molecule has 1 fully saturated rings. The van der Waals surface area contributed by atoms with Crippen LogP contribution < -0.4 is 0 Å². The molecule has 1 aromatic heterocycles. The summed E-state index contributed by atoms with van der Waals surface area (Å²) in [6.07, 6.45) is 7.66. The molecule has 0 spiro atoms. The minimum Gasteiger partial charge on any atom is -0.387 e. The van der Waals surface area contributed by atoms with E-state index in [0.717, 1.165) is 5.92 Å². The first-order chi connectivity index (χ1) is 7.70. The van der Waals surface area contributed by atoms with E-state index in [1.807, 2.05) is 10.9 Å². The number of nitrogens with zero attached hydrogens (tertiary/aromatic N) is 3. The van der Waals surface area contributed by atoms with E-state index in [9.17, 15) is 5.11 Å². The van der Waals surface area contributed by atoms with Crippen LogP contribution in [0.2, 0.25) is 0 Å². The van der Waals surface area contributed by atoms with Crippen molar-refractivity contribution in [3.8, 4) is 0 Å². The summed E-state index contributed by atoms with van der Waals surface area (Å²) in [6.45, 7) is 3.99. The smallest absolute Gasteiger partial charge is 0.111 e. The summed E-state index contributed by atoms with van der Waals surface area (Å²) in [5, 5.41) is 17.5. The van der Waals surface area contributed by atoms with Crippen LogP contribution in [-0.2, 0) is 0 Å². The minimum absolute atomic E-state index is 0.489. The lowest BCUT2D eigenvalue weighted by atomic mass is 9.85. The second-order valence-corrected chi connectivity index (χ2v) is 4.88. The number of aromatic nitrogens is 3. The van der Waals surface area contributed by atoms with Gasteiger partial charge in [-0.05, 0) is 38.5 Å². The van der Waals surface area contributed by atoms with Crippen LogP contribution >= 0.6 is 0 Å². The van der Waals surface area contributed by atoms with E-state index in [2.05, 4.69) is 17.2 Å². The van der Waals surface area contributed by atoms with Crippen LogP contribution in [0.25, 0.3) is 0 Å². The van der Waals surface area contributed by atoms with Crippen molar-refractivity contribution in [1.29, 1.82) is 0 Å². The van der Waals surface area contributed by atoms with E-state index in [0.29, 0.717) is 11.7 Å². The molecule has 0 radical (unpaired) electrons. The Kier molecular flexibility index (Phi) is 3.59. The third kappa shape index (κ3) is 2.43. The number of rotatable bonds is 3. The first-order valence-corrected chi connectivity index (χ1v) is 6.30. The number of hydrogen-bond acceptors (Lipinski definition) is 3. The molecule has 1 aromatic rings. The van der Waals surface area contributed by atoms with Crippen LogP contribution in [0.15, 0.2) is 6.20 Å². The normalized spacial score (nSPS) is 27.9. The third-order valence-corrected chi connectivity index (χ3v) is 3.72. The van der Waals surface area contributed by atoms with Crippen molar-refractivity contribution in [2.45, 2.75) is 58.1 Å². The Morgan fingerprint density at radius 3 is 2.62 bits per heavy atom. The van der Waals surface area contributed by atoms with E-state index in [1.54, 1.807) is 6.92 Å². The van der Waals surface area contributed by atoms with Gasteiger partial charge in [-0.15, -0.1) is 5.10 Å². The standard InChI is InChI=1S/C12H21N3O/c1-3-10-4-6-11(7-5-10)15-8-12(9(2)16)13-14-15/h8-11,16H,3-7H2,1-2H3. The summed E-state index contributed by atoms with van der Waals surface area (Å²) in [4.78, 5) is 0. The summed E-state index contributed by atoms with van der Waals surface area (Å²) in [7, 11) is 0. The van der Waals surface area contributed by atoms with Gasteiger partial charge in [0.15, 0.2) is 0 Å². The zero-order chi connectivity index (χ0) is 11.5. The molecule has 1 saturated carbocycles. The summed E-state index contributed by atoms with van der Waals surface area (Å²) in [5.74, 6) is 0.899. The zero-order valence-electron chi connectivity index (χ0n) is 10.1. The largest absolute Gasteiger partial charge is 0.387 e. The van der Waals surface area contributed by atoms with Crippen LogP contribution in [0.1, 0.15) is 63.8 Å². The molecule has 1 atom stereocenters. The average molecular weight is 223 g/mol. The fraction of sp³-hybridized carbons (Fsp3) is 0.833. The molecule has 1 heterocycles. The first-order valence-electron chi connectivity index (χ1n) is 6.30. The molecular formula is C12H21N3O. The van der Waals surface area contributed by atoms with Crippen molar-refractivity contribution < 1.29 is 5.11 Å². The van der Waals surface area contributed by atoms with Gasteiger partial charge in [0.1, 0.15) is 5.69 Å². The lowest BCUT2D eigenvalue weighted by Gasteiger charge is -2.27. The highest BCUT2D eigenvalue weighted by atomic mass is 16.3. The summed E-state index contributed by atoms with van der Waals surface area (Å²) in [6, 6.07) is 0.489. The molecule has 0 bridgehead atoms. The Hall–Kier alpha value is -0.900. The quantitative estimate of drug-likeness (QED) is 0.856. The SMILES string of the molecule is CCC1CCC(n2cc(C(C)O)nn2)CC1. The Morgan fingerprint density at radius 1 is 1.44 bits per heavy atom. The maximum Gasteiger partial charge on any atom is 0.111 e. The van der Waals surface area contributed by atoms with Crippen molar-refractivity contribution in [2.24, 2.45) is 5.92 Å². The fourth-order valence-electron chi connectivity index (χ4n) is 2.48. The monoisotopic (exact) mass is 223 g/mol. The highest BCUT2D eigenvalue weighted by molar-refractivity contribution is 4.96. The molecule has 4 heteroatoms. The highest BCUT2D eigenvalue weighted by Crippen LogP contribution is 2.33. The van der Waals surface area contributed by atoms with Crippen LogP contribution in [0.3, 0.4) is 0 Å². The van der Waals surface area contributed by atoms with Crippen molar-refractivity contribution in [3.63, 3.8) is 0 Å². The Labute approximate surface area is 96.7 Å². The molecule has 1 aliphatic carbocycles. The van der Waals surface area contributed by atoms with Crippen LogP contribution in [0.5, 0.6) is 0 Å². The predicted molar refractivity (Wildman–Crippen MR) is 61.9 cm³/mol. The van der Waals surface area contributed by atoms with Gasteiger partial charge in [-0.2, -0.15) is 0 Å². The lowest BCUT2D eigenvalue weighted by Crippen LogP contribution is -2.18. The van der Waals surface area contributed by atoms with Crippen LogP contribution in [-0.4, -0.2) is 20.1 Å². The molecule has 1 unspecified atom stereocenters. The summed E-state index contributed by atoms with van der Waals surface area (Å²) < 4.78 is 1.94. The van der Waals surface area contributed by atoms with Crippen molar-refractivity contribution >= 4 is 0 Å². The molecule has 1 N–H and O–H groups in total. The van der Waals surface area contributed by atoms with Crippen LogP contribution in [0.4, 0.5) is 0 Å². The van der Waals surface area contributed by atoms with Gasteiger partial charge < -0.3 is 5.11 Å². The van der Waals surface area contributed by atoms with E-state index >= 15 is 0 Å². The molecular weight excluding hydrogens is 202 g/mol. The molecule has 16 heavy (non-hydrogen) atoms. The number of aliphatic hydroxyl groups is 1. The molecule has 0 aliphatic heterocycles. The van der Waals surface area contributed by atoms with E-state index < -0.39 is 6.10 Å². The van der Waals surface area contributed by atoms with Gasteiger partial charge in [0.05, 0.1) is 18.3 Å². The maximum atomic E-state index is 9.40. The lowest BCUT2D eigenvalue weighted by molar-refractivity contribution is 0.194. The third-order valence-electron chi connectivity index (χ3n) is 3.72. The van der Waals surface area contributed by atoms with E-state index in [-0.39, 0.29) is 0 Å². The summed E-state index contributed by atoms with van der Waals surface area (Å²) in [5.41, 5.74) is 0.678. The average Bonchev–Trinajstić information content (AvgIpc) is 2.78. The van der Waals surface area contributed by atoms with Gasteiger partial charge in [0.25, 0.3) is 0 Å². The van der Waals surface area contributed by atoms with Gasteiger partial charge >= 0.3 is 0 Å². The second-order valence-electron chi connectivity index (χ2n) is 4.88. The second kappa shape index (κ2) is 4.95.